The predicted octanol–water partition coefficient (Wildman–Crippen LogP) is 4.14. The number of nitrogens with zero attached hydrogens (tertiary/aromatic N) is 3. The zero-order chi connectivity index (χ0) is 17.4. The molecule has 0 unspecified atom stereocenters. The quantitative estimate of drug-likeness (QED) is 0.786. The lowest BCUT2D eigenvalue weighted by Crippen LogP contribution is -2.39. The van der Waals surface area contributed by atoms with E-state index in [9.17, 15) is 0 Å². The molecule has 0 saturated carbocycles. The van der Waals surface area contributed by atoms with Crippen molar-refractivity contribution in [3.8, 4) is 11.3 Å². The first-order valence-electron chi connectivity index (χ1n) is 8.70. The summed E-state index contributed by atoms with van der Waals surface area (Å²) in [6.45, 7) is 11.1. The summed E-state index contributed by atoms with van der Waals surface area (Å²) in [4.78, 5) is 4.76. The molecular weight excluding hydrogens is 294 g/mol. The fourth-order valence-electron chi connectivity index (χ4n) is 3.55. The number of aryl methyl sites for hydroxylation is 2. The van der Waals surface area contributed by atoms with Crippen LogP contribution in [0.3, 0.4) is 0 Å². The zero-order valence-electron chi connectivity index (χ0n) is 15.6. The van der Waals surface area contributed by atoms with Crippen LogP contribution in [0.5, 0.6) is 0 Å². The molecule has 126 valence electrons. The van der Waals surface area contributed by atoms with Gasteiger partial charge in [0.25, 0.3) is 0 Å². The molecule has 3 nitrogen and oxygen atoms in total. The summed E-state index contributed by atoms with van der Waals surface area (Å²) in [5.74, 6) is 0. The van der Waals surface area contributed by atoms with Gasteiger partial charge in [-0.2, -0.15) is 0 Å². The Hall–Kier alpha value is -2.29. The van der Waals surface area contributed by atoms with Crippen LogP contribution in [-0.4, -0.2) is 17.1 Å². The van der Waals surface area contributed by atoms with Crippen molar-refractivity contribution in [3.63, 3.8) is 0 Å². The molecule has 2 aromatic rings. The Bertz CT molecular complexity index is 777. The maximum absolute atomic E-state index is 2.39. The van der Waals surface area contributed by atoms with Crippen molar-refractivity contribution in [2.45, 2.75) is 46.8 Å². The van der Waals surface area contributed by atoms with Crippen molar-refractivity contribution in [3.05, 3.63) is 60.1 Å². The molecule has 0 spiro atoms. The second-order valence-corrected chi connectivity index (χ2v) is 7.03. The third-order valence-corrected chi connectivity index (χ3v) is 4.99. The van der Waals surface area contributed by atoms with Gasteiger partial charge < -0.3 is 9.80 Å². The van der Waals surface area contributed by atoms with Crippen LogP contribution in [0, 0.1) is 13.8 Å². The summed E-state index contributed by atoms with van der Waals surface area (Å²) in [5, 5.41) is 0. The van der Waals surface area contributed by atoms with E-state index in [0.717, 1.165) is 0 Å². The van der Waals surface area contributed by atoms with Gasteiger partial charge in [0.2, 0.25) is 5.69 Å². The van der Waals surface area contributed by atoms with Gasteiger partial charge in [-0.1, -0.05) is 6.07 Å². The van der Waals surface area contributed by atoms with E-state index in [1.165, 1.54) is 28.1 Å². The monoisotopic (exact) mass is 322 g/mol. The molecule has 1 aliphatic rings. The third kappa shape index (κ3) is 2.79. The topological polar surface area (TPSA) is 10.4 Å². The van der Waals surface area contributed by atoms with E-state index in [-0.39, 0.29) is 0 Å². The molecule has 1 atom stereocenters. The first kappa shape index (κ1) is 16.6. The summed E-state index contributed by atoms with van der Waals surface area (Å²) in [6.07, 6.45) is 6.88. The molecule has 1 aromatic carbocycles. The van der Waals surface area contributed by atoms with Crippen molar-refractivity contribution < 1.29 is 4.57 Å². The molecule has 1 aliphatic heterocycles. The number of benzene rings is 1. The van der Waals surface area contributed by atoms with Crippen LogP contribution >= 0.6 is 0 Å². The number of aromatic nitrogens is 1. The first-order chi connectivity index (χ1) is 11.4. The highest BCUT2D eigenvalue weighted by Gasteiger charge is 2.27. The van der Waals surface area contributed by atoms with Gasteiger partial charge in [-0.25, -0.2) is 4.57 Å². The second kappa shape index (κ2) is 6.31. The highest BCUT2D eigenvalue weighted by molar-refractivity contribution is 5.72. The molecule has 0 N–H and O–H groups in total. The molecule has 2 heterocycles. The molecule has 0 radical (unpaired) electrons. The van der Waals surface area contributed by atoms with Gasteiger partial charge in [0.1, 0.15) is 13.2 Å². The van der Waals surface area contributed by atoms with Gasteiger partial charge in [-0.15, -0.1) is 0 Å². The average molecular weight is 322 g/mol. The van der Waals surface area contributed by atoms with Crippen molar-refractivity contribution in [2.75, 3.05) is 4.90 Å². The number of rotatable bonds is 3. The highest BCUT2D eigenvalue weighted by atomic mass is 15.4. The van der Waals surface area contributed by atoms with E-state index >= 15 is 0 Å². The summed E-state index contributed by atoms with van der Waals surface area (Å²) < 4.78 is 2.20. The van der Waals surface area contributed by atoms with Gasteiger partial charge in [0, 0.05) is 36.3 Å². The Morgan fingerprint density at radius 1 is 1.08 bits per heavy atom. The summed E-state index contributed by atoms with van der Waals surface area (Å²) in [7, 11) is 2.11. The lowest BCUT2D eigenvalue weighted by atomic mass is 10.0. The molecule has 0 aliphatic carbocycles. The largest absolute Gasteiger partial charge is 0.353 e. The van der Waals surface area contributed by atoms with Crippen molar-refractivity contribution in [1.82, 2.24) is 4.90 Å². The minimum absolute atomic E-state index is 0.338. The van der Waals surface area contributed by atoms with Crippen LogP contribution in [0.2, 0.25) is 0 Å². The Balaban J connectivity index is 2.04. The molecule has 3 rings (SSSR count). The molecule has 0 bridgehead atoms. The van der Waals surface area contributed by atoms with Crippen molar-refractivity contribution in [2.24, 2.45) is 7.05 Å². The average Bonchev–Trinajstić information content (AvgIpc) is 2.92. The minimum atomic E-state index is 0.338. The van der Waals surface area contributed by atoms with Gasteiger partial charge in [-0.05, 0) is 57.9 Å². The summed E-state index contributed by atoms with van der Waals surface area (Å²) in [5.41, 5.74) is 6.43. The van der Waals surface area contributed by atoms with E-state index in [1.807, 2.05) is 0 Å². The summed E-state index contributed by atoms with van der Waals surface area (Å²) >= 11 is 0. The fourth-order valence-corrected chi connectivity index (χ4v) is 3.55. The number of anilines is 1. The van der Waals surface area contributed by atoms with Crippen LogP contribution in [-0.2, 0) is 7.05 Å². The van der Waals surface area contributed by atoms with Crippen LogP contribution in [0.1, 0.15) is 31.9 Å². The Morgan fingerprint density at radius 2 is 1.83 bits per heavy atom. The molecule has 24 heavy (non-hydrogen) atoms. The molecule has 3 heteroatoms. The predicted molar refractivity (Wildman–Crippen MR) is 101 cm³/mol. The maximum Gasteiger partial charge on any atom is 0.212 e. The van der Waals surface area contributed by atoms with Gasteiger partial charge >= 0.3 is 0 Å². The third-order valence-electron chi connectivity index (χ3n) is 4.99. The van der Waals surface area contributed by atoms with E-state index in [4.69, 9.17) is 0 Å². The fraction of sp³-hybridized carbons (Fsp3) is 0.381. The zero-order valence-corrected chi connectivity index (χ0v) is 15.6. The SMILES string of the molecule is Cc1cc[n+](C)c(-c2cccc(N3C=CN(C(C)C)[C@H]3C)c2C)c1. The normalized spacial score (nSPS) is 17.2. The smallest absolute Gasteiger partial charge is 0.212 e. The Labute approximate surface area is 145 Å². The lowest BCUT2D eigenvalue weighted by molar-refractivity contribution is -0.660. The van der Waals surface area contributed by atoms with Crippen molar-refractivity contribution in [1.29, 1.82) is 0 Å². The van der Waals surface area contributed by atoms with Crippen molar-refractivity contribution >= 4 is 5.69 Å². The first-order valence-corrected chi connectivity index (χ1v) is 8.70. The van der Waals surface area contributed by atoms with Gasteiger partial charge in [0.05, 0.1) is 5.56 Å². The standard InChI is InChI=1S/C21H28N3/c1-15(2)23-12-13-24(18(23)5)20-9-7-8-19(17(20)4)21-14-16(3)10-11-22(21)6/h7-15,18H,1-6H3/q+1/t18-/m1/s1. The number of pyridine rings is 1. The summed E-state index contributed by atoms with van der Waals surface area (Å²) in [6, 6.07) is 11.5. The van der Waals surface area contributed by atoms with E-state index in [0.29, 0.717) is 12.2 Å². The Morgan fingerprint density at radius 3 is 2.50 bits per heavy atom. The second-order valence-electron chi connectivity index (χ2n) is 7.03. The van der Waals surface area contributed by atoms with E-state index in [1.54, 1.807) is 0 Å². The Kier molecular flexibility index (Phi) is 4.35. The van der Waals surface area contributed by atoms with Crippen LogP contribution in [0.15, 0.2) is 48.9 Å². The van der Waals surface area contributed by atoms with Crippen LogP contribution in [0.4, 0.5) is 5.69 Å². The molecule has 0 fully saturated rings. The number of hydrogen-bond acceptors (Lipinski definition) is 2. The molecule has 0 amide bonds. The van der Waals surface area contributed by atoms with Crippen LogP contribution < -0.4 is 9.47 Å². The molecule has 0 saturated heterocycles. The minimum Gasteiger partial charge on any atom is -0.353 e. The molecule has 1 aromatic heterocycles. The van der Waals surface area contributed by atoms with E-state index < -0.39 is 0 Å². The van der Waals surface area contributed by atoms with Gasteiger partial charge in [0.15, 0.2) is 6.20 Å². The lowest BCUT2D eigenvalue weighted by Gasteiger charge is -2.33. The highest BCUT2D eigenvalue weighted by Crippen LogP contribution is 2.33. The maximum atomic E-state index is 2.39. The van der Waals surface area contributed by atoms with Gasteiger partial charge in [-0.3, -0.25) is 0 Å². The number of hydrogen-bond donors (Lipinski definition) is 0. The molecular formula is C21H28N3+. The van der Waals surface area contributed by atoms with Crippen LogP contribution in [0.25, 0.3) is 11.3 Å². The van der Waals surface area contributed by atoms with E-state index in [2.05, 4.69) is 105 Å².